The molecule has 23 heavy (non-hydrogen) atoms. The zero-order valence-corrected chi connectivity index (χ0v) is 14.2. The van der Waals surface area contributed by atoms with Crippen molar-refractivity contribution in [2.45, 2.75) is 26.7 Å². The molecule has 1 amide bonds. The van der Waals surface area contributed by atoms with Crippen molar-refractivity contribution in [2.75, 3.05) is 6.54 Å². The van der Waals surface area contributed by atoms with E-state index < -0.39 is 11.9 Å². The fourth-order valence-electron chi connectivity index (χ4n) is 2.41. The Labute approximate surface area is 140 Å². The molecule has 2 aromatic rings. The quantitative estimate of drug-likeness (QED) is 0.820. The topological polar surface area (TPSA) is 66.4 Å². The lowest BCUT2D eigenvalue weighted by molar-refractivity contribution is -0.141. The molecule has 0 radical (unpaired) electrons. The van der Waals surface area contributed by atoms with Crippen LogP contribution in [0.15, 0.2) is 36.4 Å². The van der Waals surface area contributed by atoms with E-state index in [-0.39, 0.29) is 12.5 Å². The summed E-state index contributed by atoms with van der Waals surface area (Å²) in [5.74, 6) is -1.65. The van der Waals surface area contributed by atoms with Crippen molar-refractivity contribution in [1.82, 2.24) is 5.32 Å². The Hall–Kier alpha value is -2.14. The average molecular weight is 331 g/mol. The number of carbonyl (C=O) groups excluding carboxylic acids is 1. The summed E-state index contributed by atoms with van der Waals surface area (Å²) in [7, 11) is 0. The van der Waals surface area contributed by atoms with Crippen molar-refractivity contribution in [3.05, 3.63) is 57.3 Å². The number of amides is 1. The highest BCUT2D eigenvalue weighted by Crippen LogP contribution is 2.15. The van der Waals surface area contributed by atoms with Crippen LogP contribution in [-0.4, -0.2) is 23.5 Å². The SMILES string of the molecule is Cc1cccc(CC(CNC(=O)Cc2ccc(C)s2)C(=O)O)c1. The summed E-state index contributed by atoms with van der Waals surface area (Å²) in [6, 6.07) is 11.7. The maximum atomic E-state index is 12.0. The van der Waals surface area contributed by atoms with Gasteiger partial charge in [-0.1, -0.05) is 29.8 Å². The van der Waals surface area contributed by atoms with Gasteiger partial charge in [0.25, 0.3) is 0 Å². The molecule has 1 atom stereocenters. The van der Waals surface area contributed by atoms with Gasteiger partial charge in [-0.05, 0) is 38.0 Å². The van der Waals surface area contributed by atoms with E-state index in [1.54, 1.807) is 11.3 Å². The fourth-order valence-corrected chi connectivity index (χ4v) is 3.30. The van der Waals surface area contributed by atoms with E-state index in [4.69, 9.17) is 0 Å². The summed E-state index contributed by atoms with van der Waals surface area (Å²) >= 11 is 1.58. The van der Waals surface area contributed by atoms with Crippen LogP contribution in [0.2, 0.25) is 0 Å². The molecule has 0 aliphatic carbocycles. The van der Waals surface area contributed by atoms with E-state index in [0.29, 0.717) is 12.8 Å². The molecular formula is C18H21NO3S. The van der Waals surface area contributed by atoms with Gasteiger partial charge in [-0.25, -0.2) is 0 Å². The Balaban J connectivity index is 1.89. The molecule has 0 bridgehead atoms. The van der Waals surface area contributed by atoms with Gasteiger partial charge >= 0.3 is 5.97 Å². The molecule has 5 heteroatoms. The molecule has 0 aliphatic rings. The molecule has 122 valence electrons. The highest BCUT2D eigenvalue weighted by Gasteiger charge is 2.19. The molecule has 2 N–H and O–H groups in total. The third kappa shape index (κ3) is 5.53. The van der Waals surface area contributed by atoms with Crippen molar-refractivity contribution < 1.29 is 14.7 Å². The van der Waals surface area contributed by atoms with E-state index in [0.717, 1.165) is 20.9 Å². The zero-order chi connectivity index (χ0) is 16.8. The normalized spacial score (nSPS) is 11.9. The first-order valence-electron chi connectivity index (χ1n) is 7.54. The average Bonchev–Trinajstić information content (AvgIpc) is 2.88. The molecule has 0 saturated carbocycles. The number of hydrogen-bond acceptors (Lipinski definition) is 3. The largest absolute Gasteiger partial charge is 0.481 e. The molecular weight excluding hydrogens is 310 g/mol. The van der Waals surface area contributed by atoms with Gasteiger partial charge in [0.1, 0.15) is 0 Å². The smallest absolute Gasteiger partial charge is 0.308 e. The summed E-state index contributed by atoms with van der Waals surface area (Å²) in [6.45, 7) is 4.12. The first-order chi connectivity index (χ1) is 10.9. The second-order valence-corrected chi connectivity index (χ2v) is 7.09. The highest BCUT2D eigenvalue weighted by molar-refractivity contribution is 7.12. The molecule has 0 aliphatic heterocycles. The molecule has 0 saturated heterocycles. The Bertz CT molecular complexity index is 693. The van der Waals surface area contributed by atoms with Gasteiger partial charge in [-0.2, -0.15) is 0 Å². The van der Waals surface area contributed by atoms with Crippen LogP contribution >= 0.6 is 11.3 Å². The van der Waals surface area contributed by atoms with Crippen molar-refractivity contribution in [1.29, 1.82) is 0 Å². The molecule has 4 nitrogen and oxygen atoms in total. The number of rotatable bonds is 7. The standard InChI is InChI=1S/C18H21NO3S/c1-12-4-3-5-14(8-12)9-15(18(21)22)11-19-17(20)10-16-7-6-13(2)23-16/h3-8,15H,9-11H2,1-2H3,(H,19,20)(H,21,22). The molecule has 0 spiro atoms. The molecule has 1 unspecified atom stereocenters. The van der Waals surface area contributed by atoms with Crippen LogP contribution in [0.4, 0.5) is 0 Å². The van der Waals surface area contributed by atoms with E-state index in [1.807, 2.05) is 50.2 Å². The summed E-state index contributed by atoms with van der Waals surface area (Å²) in [5.41, 5.74) is 2.07. The van der Waals surface area contributed by atoms with Gasteiger partial charge in [-0.3, -0.25) is 9.59 Å². The van der Waals surface area contributed by atoms with Gasteiger partial charge in [0, 0.05) is 16.3 Å². The maximum absolute atomic E-state index is 12.0. The number of hydrogen-bond donors (Lipinski definition) is 2. The third-order valence-electron chi connectivity index (χ3n) is 3.59. The van der Waals surface area contributed by atoms with Crippen molar-refractivity contribution in [3.8, 4) is 0 Å². The van der Waals surface area contributed by atoms with E-state index in [9.17, 15) is 14.7 Å². The van der Waals surface area contributed by atoms with Crippen LogP contribution in [0, 0.1) is 19.8 Å². The number of benzene rings is 1. The number of carboxylic acid groups (broad SMARTS) is 1. The second-order valence-electron chi connectivity index (χ2n) is 5.72. The summed E-state index contributed by atoms with van der Waals surface area (Å²) in [5, 5.41) is 12.1. The molecule has 1 heterocycles. The predicted molar refractivity (Wildman–Crippen MR) is 91.8 cm³/mol. The van der Waals surface area contributed by atoms with E-state index in [1.165, 1.54) is 0 Å². The first-order valence-corrected chi connectivity index (χ1v) is 8.36. The minimum atomic E-state index is -0.890. The molecule has 1 aromatic carbocycles. The van der Waals surface area contributed by atoms with Gasteiger partial charge in [0.2, 0.25) is 5.91 Å². The monoisotopic (exact) mass is 331 g/mol. The maximum Gasteiger partial charge on any atom is 0.308 e. The lowest BCUT2D eigenvalue weighted by Crippen LogP contribution is -2.34. The minimum Gasteiger partial charge on any atom is -0.481 e. The Kier molecular flexibility index (Phi) is 5.93. The van der Waals surface area contributed by atoms with Crippen LogP contribution in [0.25, 0.3) is 0 Å². The van der Waals surface area contributed by atoms with Gasteiger partial charge < -0.3 is 10.4 Å². The van der Waals surface area contributed by atoms with Crippen LogP contribution < -0.4 is 5.32 Å². The first kappa shape index (κ1) is 17.2. The summed E-state index contributed by atoms with van der Waals surface area (Å²) in [6.07, 6.45) is 0.713. The molecule has 0 fully saturated rings. The van der Waals surface area contributed by atoms with Crippen molar-refractivity contribution in [2.24, 2.45) is 5.92 Å². The van der Waals surface area contributed by atoms with E-state index in [2.05, 4.69) is 5.32 Å². The zero-order valence-electron chi connectivity index (χ0n) is 13.3. The Morgan fingerprint density at radius 2 is 2.00 bits per heavy atom. The minimum absolute atomic E-state index is 0.137. The van der Waals surface area contributed by atoms with Gasteiger partial charge in [0.15, 0.2) is 0 Å². The number of nitrogens with one attached hydrogen (secondary N) is 1. The lowest BCUT2D eigenvalue weighted by atomic mass is 9.98. The predicted octanol–water partition coefficient (Wildman–Crippen LogP) is 2.97. The van der Waals surface area contributed by atoms with Crippen LogP contribution in [0.3, 0.4) is 0 Å². The lowest BCUT2D eigenvalue weighted by Gasteiger charge is -2.14. The number of thiophene rings is 1. The fraction of sp³-hybridized carbons (Fsp3) is 0.333. The molecule has 1 aromatic heterocycles. The third-order valence-corrected chi connectivity index (χ3v) is 4.59. The van der Waals surface area contributed by atoms with Crippen molar-refractivity contribution >= 4 is 23.2 Å². The molecule has 2 rings (SSSR count). The van der Waals surface area contributed by atoms with Crippen LogP contribution in [0.5, 0.6) is 0 Å². The second kappa shape index (κ2) is 7.92. The highest BCUT2D eigenvalue weighted by atomic mass is 32.1. The van der Waals surface area contributed by atoms with Crippen LogP contribution in [0.1, 0.15) is 20.9 Å². The number of aliphatic carboxylic acids is 1. The summed E-state index contributed by atoms with van der Waals surface area (Å²) < 4.78 is 0. The Morgan fingerprint density at radius 3 is 2.61 bits per heavy atom. The Morgan fingerprint density at radius 1 is 1.22 bits per heavy atom. The van der Waals surface area contributed by atoms with E-state index >= 15 is 0 Å². The van der Waals surface area contributed by atoms with Gasteiger partial charge in [-0.15, -0.1) is 11.3 Å². The number of carboxylic acids is 1. The summed E-state index contributed by atoms with van der Waals surface area (Å²) in [4.78, 5) is 25.5. The van der Waals surface area contributed by atoms with Crippen LogP contribution in [-0.2, 0) is 22.4 Å². The van der Waals surface area contributed by atoms with Crippen molar-refractivity contribution in [3.63, 3.8) is 0 Å². The van der Waals surface area contributed by atoms with Gasteiger partial charge in [0.05, 0.1) is 12.3 Å². The number of aryl methyl sites for hydroxylation is 2. The number of carbonyl (C=O) groups is 2.